The molecule has 1 unspecified atom stereocenters. The summed E-state index contributed by atoms with van der Waals surface area (Å²) in [5.74, 6) is 0.0363. The van der Waals surface area contributed by atoms with E-state index in [1.807, 2.05) is 39.0 Å². The minimum Gasteiger partial charge on any atom is -0.326 e. The van der Waals surface area contributed by atoms with Crippen LogP contribution in [0.1, 0.15) is 25.8 Å². The van der Waals surface area contributed by atoms with Gasteiger partial charge in [-0.3, -0.25) is 4.79 Å². The van der Waals surface area contributed by atoms with E-state index in [9.17, 15) is 4.79 Å². The third-order valence-corrected chi connectivity index (χ3v) is 3.35. The van der Waals surface area contributed by atoms with E-state index in [1.54, 1.807) is 0 Å². The molecule has 17 heavy (non-hydrogen) atoms. The first-order valence-electron chi connectivity index (χ1n) is 5.82. The van der Waals surface area contributed by atoms with Crippen LogP contribution in [0.2, 0.25) is 0 Å². The Bertz CT molecular complexity index is 393. The number of rotatable bonds is 5. The third-order valence-electron chi connectivity index (χ3n) is 2.50. The van der Waals surface area contributed by atoms with Gasteiger partial charge in [-0.25, -0.2) is 0 Å². The van der Waals surface area contributed by atoms with Gasteiger partial charge in [-0.1, -0.05) is 28.9 Å². The summed E-state index contributed by atoms with van der Waals surface area (Å²) in [5.41, 5.74) is 1.99. The number of anilines is 1. The van der Waals surface area contributed by atoms with Crippen LogP contribution in [0.25, 0.3) is 0 Å². The van der Waals surface area contributed by atoms with E-state index in [0.717, 1.165) is 22.3 Å². The molecule has 1 aromatic rings. The molecule has 1 amide bonds. The van der Waals surface area contributed by atoms with Gasteiger partial charge in [0.15, 0.2) is 0 Å². The number of nitrogens with one attached hydrogen (secondary N) is 2. The molecular formula is C13H19BrN2O. The lowest BCUT2D eigenvalue weighted by Crippen LogP contribution is -2.30. The lowest BCUT2D eigenvalue weighted by atomic mass is 10.2. The number of carbonyl (C=O) groups excluding carboxylic acids is 1. The summed E-state index contributed by atoms with van der Waals surface area (Å²) >= 11 is 3.45. The normalized spacial score (nSPS) is 12.2. The number of aryl methyl sites for hydroxylation is 1. The summed E-state index contributed by atoms with van der Waals surface area (Å²) < 4.78 is 1.01. The Morgan fingerprint density at radius 3 is 2.76 bits per heavy atom. The number of carbonyl (C=O) groups is 1. The molecule has 2 N–H and O–H groups in total. The smallest absolute Gasteiger partial charge is 0.225 e. The van der Waals surface area contributed by atoms with Crippen LogP contribution in [-0.2, 0) is 4.79 Å². The molecule has 1 atom stereocenters. The van der Waals surface area contributed by atoms with Gasteiger partial charge in [-0.15, -0.1) is 0 Å². The zero-order valence-corrected chi connectivity index (χ0v) is 12.1. The number of amides is 1. The maximum absolute atomic E-state index is 11.7. The van der Waals surface area contributed by atoms with Gasteiger partial charge in [0.1, 0.15) is 0 Å². The number of halogens is 1. The maximum atomic E-state index is 11.7. The number of hydrogen-bond donors (Lipinski definition) is 2. The van der Waals surface area contributed by atoms with Gasteiger partial charge < -0.3 is 10.6 Å². The van der Waals surface area contributed by atoms with E-state index >= 15 is 0 Å². The first-order valence-corrected chi connectivity index (χ1v) is 6.61. The molecule has 0 saturated carbocycles. The zero-order chi connectivity index (χ0) is 12.8. The quantitative estimate of drug-likeness (QED) is 0.877. The molecule has 4 heteroatoms. The molecule has 0 aliphatic heterocycles. The molecule has 0 aliphatic carbocycles. The Morgan fingerprint density at radius 1 is 1.47 bits per heavy atom. The van der Waals surface area contributed by atoms with Gasteiger partial charge in [0.2, 0.25) is 5.91 Å². The largest absolute Gasteiger partial charge is 0.326 e. The minimum absolute atomic E-state index is 0.0363. The fraction of sp³-hybridized carbons (Fsp3) is 0.462. The Hall–Kier alpha value is -0.870. The van der Waals surface area contributed by atoms with Crippen LogP contribution in [0.5, 0.6) is 0 Å². The van der Waals surface area contributed by atoms with E-state index in [2.05, 4.69) is 26.6 Å². The highest BCUT2D eigenvalue weighted by Gasteiger charge is 2.08. The van der Waals surface area contributed by atoms with Crippen LogP contribution in [0, 0.1) is 6.92 Å². The summed E-state index contributed by atoms with van der Waals surface area (Å²) in [6.45, 7) is 6.94. The Balaban J connectivity index is 2.53. The van der Waals surface area contributed by atoms with E-state index < -0.39 is 0 Å². The summed E-state index contributed by atoms with van der Waals surface area (Å²) in [5, 5.41) is 6.10. The van der Waals surface area contributed by atoms with Crippen LogP contribution in [-0.4, -0.2) is 18.5 Å². The van der Waals surface area contributed by atoms with Crippen molar-refractivity contribution in [3.63, 3.8) is 0 Å². The minimum atomic E-state index is 0.0363. The zero-order valence-electron chi connectivity index (χ0n) is 10.5. The van der Waals surface area contributed by atoms with E-state index in [0.29, 0.717) is 6.42 Å². The Labute approximate surface area is 111 Å². The molecule has 0 aromatic heterocycles. The fourth-order valence-corrected chi connectivity index (χ4v) is 1.96. The predicted molar refractivity (Wildman–Crippen MR) is 75.3 cm³/mol. The van der Waals surface area contributed by atoms with Gasteiger partial charge in [-0.05, 0) is 38.1 Å². The molecule has 0 aliphatic rings. The van der Waals surface area contributed by atoms with E-state index in [1.165, 1.54) is 0 Å². The second-order valence-electron chi connectivity index (χ2n) is 4.17. The molecule has 94 valence electrons. The van der Waals surface area contributed by atoms with Crippen LogP contribution < -0.4 is 10.6 Å². The van der Waals surface area contributed by atoms with Crippen molar-refractivity contribution >= 4 is 27.5 Å². The molecule has 0 radical (unpaired) electrons. The van der Waals surface area contributed by atoms with Crippen molar-refractivity contribution in [2.75, 3.05) is 11.9 Å². The standard InChI is InChI=1S/C13H19BrN2O/c1-4-15-10(3)7-13(17)16-11-6-5-9(2)12(14)8-11/h5-6,8,10,15H,4,7H2,1-3H3,(H,16,17). The average molecular weight is 299 g/mol. The highest BCUT2D eigenvalue weighted by molar-refractivity contribution is 9.10. The predicted octanol–water partition coefficient (Wildman–Crippen LogP) is 3.08. The van der Waals surface area contributed by atoms with Crippen molar-refractivity contribution in [2.24, 2.45) is 0 Å². The van der Waals surface area contributed by atoms with Gasteiger partial charge in [0, 0.05) is 22.6 Å². The average Bonchev–Trinajstić information content (AvgIpc) is 2.23. The highest BCUT2D eigenvalue weighted by Crippen LogP contribution is 2.20. The van der Waals surface area contributed by atoms with Crippen molar-refractivity contribution in [2.45, 2.75) is 33.2 Å². The summed E-state index contributed by atoms with van der Waals surface area (Å²) in [7, 11) is 0. The van der Waals surface area contributed by atoms with E-state index in [-0.39, 0.29) is 11.9 Å². The molecule has 0 saturated heterocycles. The first kappa shape index (κ1) is 14.2. The Kier molecular flexibility index (Phi) is 5.65. The topological polar surface area (TPSA) is 41.1 Å². The van der Waals surface area contributed by atoms with E-state index in [4.69, 9.17) is 0 Å². The van der Waals surface area contributed by atoms with Crippen LogP contribution >= 0.6 is 15.9 Å². The van der Waals surface area contributed by atoms with Gasteiger partial charge in [0.25, 0.3) is 0 Å². The number of hydrogen-bond acceptors (Lipinski definition) is 2. The molecular weight excluding hydrogens is 280 g/mol. The van der Waals surface area contributed by atoms with Crippen molar-refractivity contribution in [3.8, 4) is 0 Å². The van der Waals surface area contributed by atoms with Crippen molar-refractivity contribution in [1.29, 1.82) is 0 Å². The lowest BCUT2D eigenvalue weighted by molar-refractivity contribution is -0.116. The number of benzene rings is 1. The van der Waals surface area contributed by atoms with Gasteiger partial charge >= 0.3 is 0 Å². The highest BCUT2D eigenvalue weighted by atomic mass is 79.9. The van der Waals surface area contributed by atoms with Crippen molar-refractivity contribution in [3.05, 3.63) is 28.2 Å². The Morgan fingerprint density at radius 2 is 2.18 bits per heavy atom. The third kappa shape index (κ3) is 4.88. The summed E-state index contributed by atoms with van der Waals surface area (Å²) in [6, 6.07) is 6.02. The summed E-state index contributed by atoms with van der Waals surface area (Å²) in [6.07, 6.45) is 0.485. The molecule has 0 bridgehead atoms. The second kappa shape index (κ2) is 6.77. The molecule has 1 aromatic carbocycles. The molecule has 0 spiro atoms. The van der Waals surface area contributed by atoms with Crippen LogP contribution in [0.15, 0.2) is 22.7 Å². The second-order valence-corrected chi connectivity index (χ2v) is 5.03. The van der Waals surface area contributed by atoms with Crippen molar-refractivity contribution in [1.82, 2.24) is 5.32 Å². The lowest BCUT2D eigenvalue weighted by Gasteiger charge is -2.12. The molecule has 0 heterocycles. The summed E-state index contributed by atoms with van der Waals surface area (Å²) in [4.78, 5) is 11.7. The van der Waals surface area contributed by atoms with Crippen molar-refractivity contribution < 1.29 is 4.79 Å². The molecule has 1 rings (SSSR count). The molecule has 0 fully saturated rings. The van der Waals surface area contributed by atoms with Gasteiger partial charge in [0.05, 0.1) is 0 Å². The maximum Gasteiger partial charge on any atom is 0.225 e. The van der Waals surface area contributed by atoms with Gasteiger partial charge in [-0.2, -0.15) is 0 Å². The fourth-order valence-electron chi connectivity index (χ4n) is 1.58. The van der Waals surface area contributed by atoms with Crippen LogP contribution in [0.3, 0.4) is 0 Å². The monoisotopic (exact) mass is 298 g/mol. The SMILES string of the molecule is CCNC(C)CC(=O)Nc1ccc(C)c(Br)c1. The van der Waals surface area contributed by atoms with Crippen LogP contribution in [0.4, 0.5) is 5.69 Å². The molecule has 3 nitrogen and oxygen atoms in total. The first-order chi connectivity index (χ1) is 8.02.